The summed E-state index contributed by atoms with van der Waals surface area (Å²) in [6, 6.07) is 4.15. The summed E-state index contributed by atoms with van der Waals surface area (Å²) in [5, 5.41) is 7.30. The maximum absolute atomic E-state index is 12.4. The number of anilines is 1. The quantitative estimate of drug-likeness (QED) is 0.922. The van der Waals surface area contributed by atoms with E-state index >= 15 is 0 Å². The molecule has 0 unspecified atom stereocenters. The van der Waals surface area contributed by atoms with E-state index in [2.05, 4.69) is 32.1 Å². The lowest BCUT2D eigenvalue weighted by Crippen LogP contribution is -2.31. The van der Waals surface area contributed by atoms with Crippen LogP contribution >= 0.6 is 11.3 Å². The fraction of sp³-hybridized carbons (Fsp3) is 0.400. The smallest absolute Gasteiger partial charge is 0.224 e. The average Bonchev–Trinajstić information content (AvgIpc) is 3.19. The van der Waals surface area contributed by atoms with Gasteiger partial charge in [-0.25, -0.2) is 9.97 Å². The number of hydrogen-bond donors (Lipinski definition) is 1. The SMILES string of the molecule is O=C(CCNc1ncccn1)N1CCC[C@H]1c1ccsc1. The zero-order chi connectivity index (χ0) is 14.5. The molecule has 3 rings (SSSR count). The van der Waals surface area contributed by atoms with Crippen molar-refractivity contribution in [3.8, 4) is 0 Å². The van der Waals surface area contributed by atoms with E-state index in [4.69, 9.17) is 0 Å². The van der Waals surface area contributed by atoms with Gasteiger partial charge in [-0.1, -0.05) is 0 Å². The predicted octanol–water partition coefficient (Wildman–Crippen LogP) is 2.70. The van der Waals surface area contributed by atoms with Crippen molar-refractivity contribution in [2.75, 3.05) is 18.4 Å². The van der Waals surface area contributed by atoms with Gasteiger partial charge in [0.1, 0.15) is 0 Å². The Morgan fingerprint density at radius 3 is 3.05 bits per heavy atom. The summed E-state index contributed by atoms with van der Waals surface area (Å²) in [6.45, 7) is 1.43. The number of carbonyl (C=O) groups excluding carboxylic acids is 1. The second-order valence-corrected chi connectivity index (χ2v) is 5.83. The molecule has 1 aliphatic heterocycles. The highest BCUT2D eigenvalue weighted by molar-refractivity contribution is 7.07. The van der Waals surface area contributed by atoms with E-state index < -0.39 is 0 Å². The first-order valence-corrected chi connectivity index (χ1v) is 8.11. The number of rotatable bonds is 5. The van der Waals surface area contributed by atoms with Gasteiger partial charge in [-0.3, -0.25) is 4.79 Å². The minimum absolute atomic E-state index is 0.201. The van der Waals surface area contributed by atoms with Gasteiger partial charge in [0, 0.05) is 31.9 Å². The van der Waals surface area contributed by atoms with Gasteiger partial charge < -0.3 is 10.2 Å². The van der Waals surface area contributed by atoms with Crippen LogP contribution in [0.1, 0.15) is 30.9 Å². The second-order valence-electron chi connectivity index (χ2n) is 5.05. The van der Waals surface area contributed by atoms with Gasteiger partial charge in [0.2, 0.25) is 11.9 Å². The number of thiophene rings is 1. The first kappa shape index (κ1) is 14.0. The molecule has 1 aliphatic rings. The molecule has 5 nitrogen and oxygen atoms in total. The van der Waals surface area contributed by atoms with Crippen molar-refractivity contribution < 1.29 is 4.79 Å². The summed E-state index contributed by atoms with van der Waals surface area (Å²) < 4.78 is 0. The Balaban J connectivity index is 1.53. The average molecular weight is 302 g/mol. The molecule has 3 heterocycles. The van der Waals surface area contributed by atoms with Crippen LogP contribution < -0.4 is 5.32 Å². The zero-order valence-electron chi connectivity index (χ0n) is 11.7. The van der Waals surface area contributed by atoms with E-state index in [1.165, 1.54) is 5.56 Å². The second kappa shape index (κ2) is 6.67. The van der Waals surface area contributed by atoms with Crippen LogP contribution in [0.4, 0.5) is 5.95 Å². The Morgan fingerprint density at radius 1 is 1.43 bits per heavy atom. The third-order valence-electron chi connectivity index (χ3n) is 3.69. The summed E-state index contributed by atoms with van der Waals surface area (Å²) >= 11 is 1.69. The van der Waals surface area contributed by atoms with Crippen molar-refractivity contribution in [1.82, 2.24) is 14.9 Å². The molecule has 1 atom stereocenters. The number of likely N-dealkylation sites (tertiary alicyclic amines) is 1. The molecule has 1 N–H and O–H groups in total. The van der Waals surface area contributed by atoms with Crippen molar-refractivity contribution in [2.24, 2.45) is 0 Å². The maximum Gasteiger partial charge on any atom is 0.224 e. The first-order valence-electron chi connectivity index (χ1n) is 7.17. The van der Waals surface area contributed by atoms with Gasteiger partial charge in [0.15, 0.2) is 0 Å². The van der Waals surface area contributed by atoms with E-state index in [1.54, 1.807) is 29.8 Å². The zero-order valence-corrected chi connectivity index (χ0v) is 12.6. The highest BCUT2D eigenvalue weighted by Gasteiger charge is 2.29. The highest BCUT2D eigenvalue weighted by atomic mass is 32.1. The van der Waals surface area contributed by atoms with Gasteiger partial charge in [-0.2, -0.15) is 11.3 Å². The Hall–Kier alpha value is -1.95. The standard InChI is InChI=1S/C15H18N4OS/c20-14(4-8-18-15-16-6-2-7-17-15)19-9-1-3-13(19)12-5-10-21-11-12/h2,5-7,10-11,13H,1,3-4,8-9H2,(H,16,17,18)/t13-/m0/s1. The third kappa shape index (κ3) is 3.39. The number of nitrogens with one attached hydrogen (secondary N) is 1. The van der Waals surface area contributed by atoms with Crippen molar-refractivity contribution in [1.29, 1.82) is 0 Å². The summed E-state index contributed by atoms with van der Waals surface area (Å²) in [6.07, 6.45) is 5.99. The molecule has 21 heavy (non-hydrogen) atoms. The Morgan fingerprint density at radius 2 is 2.29 bits per heavy atom. The van der Waals surface area contributed by atoms with Gasteiger partial charge in [0.25, 0.3) is 0 Å². The summed E-state index contributed by atoms with van der Waals surface area (Å²) in [5.74, 6) is 0.772. The molecule has 2 aromatic heterocycles. The van der Waals surface area contributed by atoms with Crippen LogP contribution in [-0.4, -0.2) is 33.9 Å². The third-order valence-corrected chi connectivity index (χ3v) is 4.39. The summed E-state index contributed by atoms with van der Waals surface area (Å²) in [7, 11) is 0. The Bertz CT molecular complexity index is 573. The van der Waals surface area contributed by atoms with Crippen LogP contribution in [0.2, 0.25) is 0 Å². The van der Waals surface area contributed by atoms with Crippen molar-refractivity contribution >= 4 is 23.2 Å². The van der Waals surface area contributed by atoms with Gasteiger partial charge in [-0.15, -0.1) is 0 Å². The molecule has 1 amide bonds. The summed E-state index contributed by atoms with van der Waals surface area (Å²) in [4.78, 5) is 22.6. The molecule has 1 saturated heterocycles. The Labute approximate surface area is 128 Å². The fourth-order valence-corrected chi connectivity index (χ4v) is 3.40. The number of nitrogens with zero attached hydrogens (tertiary/aromatic N) is 3. The fourth-order valence-electron chi connectivity index (χ4n) is 2.69. The molecular formula is C15H18N4OS. The first-order chi connectivity index (χ1) is 10.3. The lowest BCUT2D eigenvalue weighted by Gasteiger charge is -2.24. The van der Waals surface area contributed by atoms with Crippen LogP contribution in [0.3, 0.4) is 0 Å². The minimum atomic E-state index is 0.201. The molecule has 0 saturated carbocycles. The molecule has 110 valence electrons. The van der Waals surface area contributed by atoms with Crippen LogP contribution in [0, 0.1) is 0 Å². The molecular weight excluding hydrogens is 284 g/mol. The van der Waals surface area contributed by atoms with E-state index in [1.807, 2.05) is 4.90 Å². The van der Waals surface area contributed by atoms with E-state index in [-0.39, 0.29) is 11.9 Å². The van der Waals surface area contributed by atoms with E-state index in [0.717, 1.165) is 19.4 Å². The molecule has 2 aromatic rings. The van der Waals surface area contributed by atoms with Crippen LogP contribution in [0.5, 0.6) is 0 Å². The molecule has 0 bridgehead atoms. The predicted molar refractivity (Wildman–Crippen MR) is 83.1 cm³/mol. The van der Waals surface area contributed by atoms with Crippen LogP contribution in [0.15, 0.2) is 35.3 Å². The number of aromatic nitrogens is 2. The van der Waals surface area contributed by atoms with E-state index in [0.29, 0.717) is 18.9 Å². The van der Waals surface area contributed by atoms with Gasteiger partial charge in [0.05, 0.1) is 6.04 Å². The lowest BCUT2D eigenvalue weighted by molar-refractivity contribution is -0.131. The molecule has 6 heteroatoms. The van der Waals surface area contributed by atoms with Crippen molar-refractivity contribution in [2.45, 2.75) is 25.3 Å². The van der Waals surface area contributed by atoms with Crippen LogP contribution in [-0.2, 0) is 4.79 Å². The summed E-state index contributed by atoms with van der Waals surface area (Å²) in [5.41, 5.74) is 1.27. The molecule has 0 spiro atoms. The topological polar surface area (TPSA) is 58.1 Å². The molecule has 1 fully saturated rings. The van der Waals surface area contributed by atoms with Crippen molar-refractivity contribution in [3.63, 3.8) is 0 Å². The number of hydrogen-bond acceptors (Lipinski definition) is 5. The van der Waals surface area contributed by atoms with Gasteiger partial charge in [-0.05, 0) is 41.3 Å². The monoisotopic (exact) mass is 302 g/mol. The van der Waals surface area contributed by atoms with Crippen molar-refractivity contribution in [3.05, 3.63) is 40.8 Å². The number of amides is 1. The minimum Gasteiger partial charge on any atom is -0.354 e. The largest absolute Gasteiger partial charge is 0.354 e. The van der Waals surface area contributed by atoms with Crippen LogP contribution in [0.25, 0.3) is 0 Å². The Kier molecular flexibility index (Phi) is 4.45. The van der Waals surface area contributed by atoms with E-state index in [9.17, 15) is 4.79 Å². The molecule has 0 radical (unpaired) electrons. The highest BCUT2D eigenvalue weighted by Crippen LogP contribution is 2.33. The lowest BCUT2D eigenvalue weighted by atomic mass is 10.1. The molecule has 0 aliphatic carbocycles. The maximum atomic E-state index is 12.4. The molecule has 0 aromatic carbocycles. The number of carbonyl (C=O) groups is 1. The normalized spacial score (nSPS) is 17.9. The van der Waals surface area contributed by atoms with Gasteiger partial charge >= 0.3 is 0 Å².